The number of piperazine rings is 1. The Labute approximate surface area is 117 Å². The molecule has 1 fully saturated rings. The number of benzene rings is 1. The van der Waals surface area contributed by atoms with Gasteiger partial charge in [-0.1, -0.05) is 6.07 Å². The van der Waals surface area contributed by atoms with Crippen LogP contribution in [0.5, 0.6) is 0 Å². The molecule has 6 heteroatoms. The van der Waals surface area contributed by atoms with E-state index in [1.165, 1.54) is 0 Å². The Morgan fingerprint density at radius 2 is 1.95 bits per heavy atom. The molecule has 3 rings (SSSR count). The predicted molar refractivity (Wildman–Crippen MR) is 77.3 cm³/mol. The monoisotopic (exact) mass is 273 g/mol. The first kappa shape index (κ1) is 13.1. The second-order valence-electron chi connectivity index (χ2n) is 5.27. The van der Waals surface area contributed by atoms with Gasteiger partial charge >= 0.3 is 0 Å². The quantitative estimate of drug-likeness (QED) is 0.864. The van der Waals surface area contributed by atoms with Gasteiger partial charge in [-0.2, -0.15) is 5.10 Å². The summed E-state index contributed by atoms with van der Waals surface area (Å²) in [6, 6.07) is 5.66. The van der Waals surface area contributed by atoms with Crippen molar-refractivity contribution in [3.63, 3.8) is 0 Å². The summed E-state index contributed by atoms with van der Waals surface area (Å²) in [5.41, 5.74) is 4.61. The largest absolute Gasteiger partial charge is 0.304 e. The Morgan fingerprint density at radius 3 is 2.70 bits per heavy atom. The van der Waals surface area contributed by atoms with Crippen molar-refractivity contribution in [1.29, 1.82) is 0 Å². The number of aromatic nitrogens is 2. The first-order valence-corrected chi connectivity index (χ1v) is 6.80. The van der Waals surface area contributed by atoms with E-state index in [0.717, 1.165) is 37.1 Å². The molecule has 2 heterocycles. The van der Waals surface area contributed by atoms with Crippen LogP contribution in [0.2, 0.25) is 0 Å². The maximum absolute atomic E-state index is 12.3. The third kappa shape index (κ3) is 2.52. The fourth-order valence-electron chi connectivity index (χ4n) is 2.41. The van der Waals surface area contributed by atoms with Gasteiger partial charge in [0.1, 0.15) is 0 Å². The Hall–Kier alpha value is -1.92. The zero-order valence-electron chi connectivity index (χ0n) is 11.8. The van der Waals surface area contributed by atoms with E-state index in [2.05, 4.69) is 22.5 Å². The highest BCUT2D eigenvalue weighted by molar-refractivity contribution is 5.97. The van der Waals surface area contributed by atoms with Gasteiger partial charge in [0.2, 0.25) is 0 Å². The van der Waals surface area contributed by atoms with Crippen molar-refractivity contribution in [2.24, 2.45) is 7.05 Å². The molecule has 1 aromatic heterocycles. The number of nitrogens with zero attached hydrogens (tertiary/aromatic N) is 4. The van der Waals surface area contributed by atoms with Gasteiger partial charge in [-0.05, 0) is 19.2 Å². The van der Waals surface area contributed by atoms with Gasteiger partial charge in [-0.3, -0.25) is 14.9 Å². The number of rotatable bonds is 2. The summed E-state index contributed by atoms with van der Waals surface area (Å²) in [5.74, 6) is -0.0577. The highest BCUT2D eigenvalue weighted by Crippen LogP contribution is 2.15. The summed E-state index contributed by atoms with van der Waals surface area (Å²) in [7, 11) is 3.97. The van der Waals surface area contributed by atoms with E-state index in [9.17, 15) is 4.79 Å². The van der Waals surface area contributed by atoms with Gasteiger partial charge in [0.05, 0.1) is 11.7 Å². The van der Waals surface area contributed by atoms with Crippen LogP contribution in [0.3, 0.4) is 0 Å². The van der Waals surface area contributed by atoms with Crippen molar-refractivity contribution in [2.75, 3.05) is 33.2 Å². The van der Waals surface area contributed by atoms with Gasteiger partial charge < -0.3 is 4.90 Å². The fraction of sp³-hybridized carbons (Fsp3) is 0.429. The van der Waals surface area contributed by atoms with Crippen LogP contribution in [-0.2, 0) is 7.05 Å². The first-order chi connectivity index (χ1) is 9.63. The zero-order valence-corrected chi connectivity index (χ0v) is 11.8. The SMILES string of the molecule is CN1CCN(NC(=O)c2ccc3cnn(C)c3c2)CC1. The predicted octanol–water partition coefficient (Wildman–Crippen LogP) is 0.465. The number of hydrazine groups is 1. The van der Waals surface area contributed by atoms with Crippen LogP contribution in [0.25, 0.3) is 10.9 Å². The van der Waals surface area contributed by atoms with Crippen molar-refractivity contribution in [1.82, 2.24) is 25.1 Å². The van der Waals surface area contributed by atoms with Gasteiger partial charge in [-0.15, -0.1) is 0 Å². The number of amides is 1. The molecule has 0 bridgehead atoms. The van der Waals surface area contributed by atoms with E-state index in [4.69, 9.17) is 0 Å². The molecule has 1 amide bonds. The molecule has 0 spiro atoms. The maximum atomic E-state index is 12.3. The first-order valence-electron chi connectivity index (χ1n) is 6.80. The lowest BCUT2D eigenvalue weighted by molar-refractivity contribution is 0.0662. The minimum absolute atomic E-state index is 0.0577. The lowest BCUT2D eigenvalue weighted by Gasteiger charge is -2.32. The molecular weight excluding hydrogens is 254 g/mol. The minimum atomic E-state index is -0.0577. The fourth-order valence-corrected chi connectivity index (χ4v) is 2.41. The molecule has 1 aliphatic rings. The molecule has 2 aromatic rings. The van der Waals surface area contributed by atoms with E-state index in [1.54, 1.807) is 10.9 Å². The van der Waals surface area contributed by atoms with Crippen LogP contribution in [0.1, 0.15) is 10.4 Å². The highest BCUT2D eigenvalue weighted by atomic mass is 16.2. The average Bonchev–Trinajstić information content (AvgIpc) is 2.82. The summed E-state index contributed by atoms with van der Waals surface area (Å²) >= 11 is 0. The van der Waals surface area contributed by atoms with Crippen molar-refractivity contribution < 1.29 is 4.79 Å². The van der Waals surface area contributed by atoms with Crippen LogP contribution in [0.15, 0.2) is 24.4 Å². The van der Waals surface area contributed by atoms with Crippen LogP contribution < -0.4 is 5.43 Å². The van der Waals surface area contributed by atoms with E-state index >= 15 is 0 Å². The number of carbonyl (C=O) groups excluding carboxylic acids is 1. The van der Waals surface area contributed by atoms with Crippen molar-refractivity contribution in [3.05, 3.63) is 30.0 Å². The number of carbonyl (C=O) groups is 1. The molecule has 0 saturated carbocycles. The number of hydrogen-bond acceptors (Lipinski definition) is 4. The van der Waals surface area contributed by atoms with E-state index in [-0.39, 0.29) is 5.91 Å². The molecule has 6 nitrogen and oxygen atoms in total. The Morgan fingerprint density at radius 1 is 1.20 bits per heavy atom. The maximum Gasteiger partial charge on any atom is 0.265 e. The minimum Gasteiger partial charge on any atom is -0.304 e. The van der Waals surface area contributed by atoms with Gasteiger partial charge in [-0.25, -0.2) is 5.01 Å². The Balaban J connectivity index is 1.73. The standard InChI is InChI=1S/C14H19N5O/c1-17-5-7-19(8-6-17)16-14(20)11-3-4-12-10-15-18(2)13(12)9-11/h3-4,9-10H,5-8H2,1-2H3,(H,16,20). The summed E-state index contributed by atoms with van der Waals surface area (Å²) in [6.45, 7) is 3.66. The molecule has 1 aliphatic heterocycles. The van der Waals surface area contributed by atoms with E-state index in [1.807, 2.05) is 30.3 Å². The second-order valence-corrected chi connectivity index (χ2v) is 5.27. The Kier molecular flexibility index (Phi) is 3.42. The topological polar surface area (TPSA) is 53.4 Å². The molecule has 1 aromatic carbocycles. The van der Waals surface area contributed by atoms with Crippen LogP contribution in [0.4, 0.5) is 0 Å². The molecule has 1 N–H and O–H groups in total. The average molecular weight is 273 g/mol. The van der Waals surface area contributed by atoms with E-state index in [0.29, 0.717) is 5.56 Å². The number of nitrogens with one attached hydrogen (secondary N) is 1. The molecule has 0 aliphatic carbocycles. The molecule has 106 valence electrons. The molecular formula is C14H19N5O. The lowest BCUT2D eigenvalue weighted by Crippen LogP contribution is -2.52. The second kappa shape index (κ2) is 5.22. The summed E-state index contributed by atoms with van der Waals surface area (Å²) in [5, 5.41) is 7.22. The lowest BCUT2D eigenvalue weighted by atomic mass is 10.1. The van der Waals surface area contributed by atoms with Crippen LogP contribution in [0, 0.1) is 0 Å². The van der Waals surface area contributed by atoms with Crippen molar-refractivity contribution in [2.45, 2.75) is 0 Å². The van der Waals surface area contributed by atoms with Gasteiger partial charge in [0.25, 0.3) is 5.91 Å². The number of hydrogen-bond donors (Lipinski definition) is 1. The smallest absolute Gasteiger partial charge is 0.265 e. The number of aryl methyl sites for hydroxylation is 1. The summed E-state index contributed by atoms with van der Waals surface area (Å²) < 4.78 is 1.78. The molecule has 1 saturated heterocycles. The zero-order chi connectivity index (χ0) is 14.1. The molecule has 0 radical (unpaired) electrons. The summed E-state index contributed by atoms with van der Waals surface area (Å²) in [4.78, 5) is 14.5. The number of fused-ring (bicyclic) bond motifs is 1. The van der Waals surface area contributed by atoms with Gasteiger partial charge in [0.15, 0.2) is 0 Å². The molecule has 0 atom stereocenters. The third-order valence-corrected chi connectivity index (χ3v) is 3.77. The summed E-state index contributed by atoms with van der Waals surface area (Å²) in [6.07, 6.45) is 1.80. The van der Waals surface area contributed by atoms with Crippen molar-refractivity contribution in [3.8, 4) is 0 Å². The normalized spacial score (nSPS) is 17.5. The highest BCUT2D eigenvalue weighted by Gasteiger charge is 2.17. The van der Waals surface area contributed by atoms with Crippen LogP contribution >= 0.6 is 0 Å². The van der Waals surface area contributed by atoms with Gasteiger partial charge in [0, 0.05) is 44.2 Å². The van der Waals surface area contributed by atoms with Crippen LogP contribution in [-0.4, -0.2) is 58.8 Å². The Bertz CT molecular complexity index is 628. The molecule has 20 heavy (non-hydrogen) atoms. The third-order valence-electron chi connectivity index (χ3n) is 3.77. The van der Waals surface area contributed by atoms with E-state index < -0.39 is 0 Å². The molecule has 0 unspecified atom stereocenters. The van der Waals surface area contributed by atoms with Crippen molar-refractivity contribution >= 4 is 16.8 Å². The number of likely N-dealkylation sites (N-methyl/N-ethyl adjacent to an activating group) is 1.